The van der Waals surface area contributed by atoms with Crippen LogP contribution in [0.15, 0.2) is 41.1 Å². The fraction of sp³-hybridized carbons (Fsp3) is 0.357. The summed E-state index contributed by atoms with van der Waals surface area (Å²) in [6.07, 6.45) is 2.95. The lowest BCUT2D eigenvalue weighted by Gasteiger charge is -2.26. The predicted octanol–water partition coefficient (Wildman–Crippen LogP) is 2.04. The summed E-state index contributed by atoms with van der Waals surface area (Å²) in [5.41, 5.74) is 1.12. The number of hydrogen-bond donors (Lipinski definition) is 1. The van der Waals surface area contributed by atoms with Gasteiger partial charge in [-0.25, -0.2) is 0 Å². The predicted molar refractivity (Wildman–Crippen MR) is 69.8 cm³/mol. The third-order valence-corrected chi connectivity index (χ3v) is 3.19. The van der Waals surface area contributed by atoms with Gasteiger partial charge in [-0.2, -0.15) is 0 Å². The molecule has 18 heavy (non-hydrogen) atoms. The molecular formula is C14H16N2O2. The summed E-state index contributed by atoms with van der Waals surface area (Å²) >= 11 is 0. The van der Waals surface area contributed by atoms with Crippen LogP contribution in [0.3, 0.4) is 0 Å². The highest BCUT2D eigenvalue weighted by atomic mass is 16.5. The van der Waals surface area contributed by atoms with E-state index in [2.05, 4.69) is 17.5 Å². The summed E-state index contributed by atoms with van der Waals surface area (Å²) in [5.74, 6) is 2.64. The van der Waals surface area contributed by atoms with Crippen LogP contribution in [-0.2, 0) is 4.74 Å². The highest BCUT2D eigenvalue weighted by Crippen LogP contribution is 2.33. The molecule has 0 aromatic heterocycles. The number of para-hydroxylation sites is 1. The largest absolute Gasteiger partial charge is 0.496 e. The van der Waals surface area contributed by atoms with Crippen LogP contribution in [-0.4, -0.2) is 26.1 Å². The van der Waals surface area contributed by atoms with Gasteiger partial charge in [0.15, 0.2) is 11.6 Å². The molecule has 1 saturated heterocycles. The minimum Gasteiger partial charge on any atom is -0.496 e. The average Bonchev–Trinajstić information content (AvgIpc) is 2.46. The van der Waals surface area contributed by atoms with Crippen LogP contribution < -0.4 is 10.1 Å². The third kappa shape index (κ3) is 1.94. The Balaban J connectivity index is 1.90. The zero-order valence-corrected chi connectivity index (χ0v) is 10.3. The SMILES string of the molecule is COc1ccccc1C1CC=C2OCCNC2=N1. The van der Waals surface area contributed by atoms with E-state index in [1.807, 2.05) is 18.2 Å². The monoisotopic (exact) mass is 244 g/mol. The number of dihydropyridines is 1. The van der Waals surface area contributed by atoms with Crippen molar-refractivity contribution >= 4 is 5.84 Å². The summed E-state index contributed by atoms with van der Waals surface area (Å²) in [6, 6.07) is 8.13. The number of rotatable bonds is 2. The maximum Gasteiger partial charge on any atom is 0.164 e. The molecule has 2 heterocycles. The van der Waals surface area contributed by atoms with Crippen molar-refractivity contribution < 1.29 is 9.47 Å². The number of aliphatic imine (C=N–C) groups is 1. The molecule has 0 aliphatic carbocycles. The Hall–Kier alpha value is -1.97. The Kier molecular flexibility index (Phi) is 2.92. The van der Waals surface area contributed by atoms with E-state index in [1.165, 1.54) is 0 Å². The van der Waals surface area contributed by atoms with Crippen molar-refractivity contribution in [1.29, 1.82) is 0 Å². The third-order valence-electron chi connectivity index (χ3n) is 3.19. The Morgan fingerprint density at radius 3 is 3.17 bits per heavy atom. The van der Waals surface area contributed by atoms with Gasteiger partial charge in [0.05, 0.1) is 19.7 Å². The number of methoxy groups -OCH3 is 1. The number of nitrogens with zero attached hydrogens (tertiary/aromatic N) is 1. The molecule has 1 unspecified atom stereocenters. The molecule has 1 N–H and O–H groups in total. The van der Waals surface area contributed by atoms with Crippen LogP contribution in [0.4, 0.5) is 0 Å². The second kappa shape index (κ2) is 4.72. The van der Waals surface area contributed by atoms with Crippen LogP contribution in [0.2, 0.25) is 0 Å². The molecule has 0 amide bonds. The molecule has 1 atom stereocenters. The van der Waals surface area contributed by atoms with Crippen LogP contribution in [0.1, 0.15) is 18.0 Å². The standard InChI is InChI=1S/C14H16N2O2/c1-17-12-5-3-2-4-10(12)11-6-7-13-14(16-11)15-8-9-18-13/h2-5,7,11H,6,8-9H2,1H3,(H,15,16). The second-order valence-electron chi connectivity index (χ2n) is 4.31. The van der Waals surface area contributed by atoms with Gasteiger partial charge in [-0.15, -0.1) is 0 Å². The molecule has 2 aliphatic rings. The first kappa shape index (κ1) is 11.1. The van der Waals surface area contributed by atoms with E-state index in [4.69, 9.17) is 14.5 Å². The zero-order valence-electron chi connectivity index (χ0n) is 10.3. The lowest BCUT2D eigenvalue weighted by atomic mass is 10.0. The van der Waals surface area contributed by atoms with Crippen LogP contribution in [0, 0.1) is 0 Å². The van der Waals surface area contributed by atoms with Crippen molar-refractivity contribution in [3.63, 3.8) is 0 Å². The molecule has 0 radical (unpaired) electrons. The molecule has 0 saturated carbocycles. The van der Waals surface area contributed by atoms with Gasteiger partial charge in [0.2, 0.25) is 0 Å². The summed E-state index contributed by atoms with van der Waals surface area (Å²) in [7, 11) is 1.69. The molecule has 4 heteroatoms. The maximum absolute atomic E-state index is 5.56. The molecule has 1 fully saturated rings. The maximum atomic E-state index is 5.56. The fourth-order valence-electron chi connectivity index (χ4n) is 2.32. The number of fused-ring (bicyclic) bond motifs is 1. The van der Waals surface area contributed by atoms with E-state index < -0.39 is 0 Å². The van der Waals surface area contributed by atoms with E-state index in [-0.39, 0.29) is 6.04 Å². The van der Waals surface area contributed by atoms with Crippen LogP contribution in [0.25, 0.3) is 0 Å². The number of amidine groups is 1. The van der Waals surface area contributed by atoms with Crippen LogP contribution >= 0.6 is 0 Å². The smallest absolute Gasteiger partial charge is 0.164 e. The van der Waals surface area contributed by atoms with E-state index in [0.717, 1.165) is 35.9 Å². The van der Waals surface area contributed by atoms with E-state index >= 15 is 0 Å². The summed E-state index contributed by atoms with van der Waals surface area (Å²) in [5, 5.41) is 3.27. The first-order valence-electron chi connectivity index (χ1n) is 6.16. The van der Waals surface area contributed by atoms with E-state index in [9.17, 15) is 0 Å². The average molecular weight is 244 g/mol. The molecule has 0 spiro atoms. The molecule has 4 nitrogen and oxygen atoms in total. The number of nitrogens with one attached hydrogen (secondary N) is 1. The number of ether oxygens (including phenoxy) is 2. The summed E-state index contributed by atoms with van der Waals surface area (Å²) in [6.45, 7) is 1.53. The summed E-state index contributed by atoms with van der Waals surface area (Å²) in [4.78, 5) is 4.71. The fourth-order valence-corrected chi connectivity index (χ4v) is 2.32. The molecule has 2 aliphatic heterocycles. The van der Waals surface area contributed by atoms with Crippen molar-refractivity contribution in [2.24, 2.45) is 4.99 Å². The minimum atomic E-state index is 0.106. The molecular weight excluding hydrogens is 228 g/mol. The lowest BCUT2D eigenvalue weighted by molar-refractivity contribution is 0.215. The molecule has 3 rings (SSSR count). The highest BCUT2D eigenvalue weighted by Gasteiger charge is 2.23. The quantitative estimate of drug-likeness (QED) is 0.865. The van der Waals surface area contributed by atoms with E-state index in [1.54, 1.807) is 7.11 Å². The molecule has 1 aromatic carbocycles. The first-order chi connectivity index (χ1) is 8.88. The minimum absolute atomic E-state index is 0.106. The molecule has 94 valence electrons. The van der Waals surface area contributed by atoms with Crippen molar-refractivity contribution in [3.05, 3.63) is 41.7 Å². The van der Waals surface area contributed by atoms with Gasteiger partial charge in [0.1, 0.15) is 12.4 Å². The number of benzene rings is 1. The first-order valence-corrected chi connectivity index (χ1v) is 6.16. The second-order valence-corrected chi connectivity index (χ2v) is 4.31. The van der Waals surface area contributed by atoms with Gasteiger partial charge in [0, 0.05) is 5.56 Å². The zero-order chi connectivity index (χ0) is 12.4. The van der Waals surface area contributed by atoms with Crippen molar-refractivity contribution in [3.8, 4) is 5.75 Å². The highest BCUT2D eigenvalue weighted by molar-refractivity contribution is 5.97. The molecule has 1 aromatic rings. The van der Waals surface area contributed by atoms with Gasteiger partial charge < -0.3 is 14.8 Å². The lowest BCUT2D eigenvalue weighted by Crippen LogP contribution is -2.37. The number of morpholine rings is 1. The Bertz CT molecular complexity index is 508. The normalized spacial score (nSPS) is 21.9. The van der Waals surface area contributed by atoms with Crippen LogP contribution in [0.5, 0.6) is 5.75 Å². The Morgan fingerprint density at radius 1 is 1.39 bits per heavy atom. The Labute approximate surface area is 106 Å². The Morgan fingerprint density at radius 2 is 2.28 bits per heavy atom. The van der Waals surface area contributed by atoms with Gasteiger partial charge in [-0.3, -0.25) is 4.99 Å². The van der Waals surface area contributed by atoms with Gasteiger partial charge in [-0.1, -0.05) is 18.2 Å². The van der Waals surface area contributed by atoms with Crippen molar-refractivity contribution in [1.82, 2.24) is 5.32 Å². The van der Waals surface area contributed by atoms with Crippen molar-refractivity contribution in [2.75, 3.05) is 20.3 Å². The summed E-state index contributed by atoms with van der Waals surface area (Å²) < 4.78 is 11.0. The van der Waals surface area contributed by atoms with E-state index in [0.29, 0.717) is 6.61 Å². The van der Waals surface area contributed by atoms with Crippen molar-refractivity contribution in [2.45, 2.75) is 12.5 Å². The topological polar surface area (TPSA) is 42.9 Å². The van der Waals surface area contributed by atoms with Gasteiger partial charge >= 0.3 is 0 Å². The van der Waals surface area contributed by atoms with Gasteiger partial charge in [0.25, 0.3) is 0 Å². The molecule has 0 bridgehead atoms. The van der Waals surface area contributed by atoms with Gasteiger partial charge in [-0.05, 0) is 18.6 Å². The number of hydrogen-bond acceptors (Lipinski definition) is 4.